The zero-order valence-electron chi connectivity index (χ0n) is 18.6. The number of nitrogens with one attached hydrogen (secondary N) is 1. The number of alkyl halides is 3. The summed E-state index contributed by atoms with van der Waals surface area (Å²) in [7, 11) is 0. The second-order valence-corrected chi connectivity index (χ2v) is 7.89. The lowest BCUT2D eigenvalue weighted by molar-refractivity contribution is -0.137. The van der Waals surface area contributed by atoms with E-state index in [4.69, 9.17) is 5.73 Å². The molecule has 9 heteroatoms. The van der Waals surface area contributed by atoms with E-state index in [9.17, 15) is 22.8 Å². The molecule has 1 aromatic heterocycles. The first-order valence-corrected chi connectivity index (χ1v) is 10.7. The Morgan fingerprint density at radius 3 is 2.26 bits per heavy atom. The van der Waals surface area contributed by atoms with E-state index in [0.29, 0.717) is 11.1 Å². The number of primary amides is 1. The standard InChI is InChI=1S/C15H12F3NO.C10H13N3O/c1-10-5-7-11(8-6-10)14(20)19-13-4-2-3-12(9-13)15(16,17)18;11-10(14)8-5-9(7-12-6-8)13-3-1-2-4-13/h2-9H,1H3,(H,19,20);5-7H,1-4H2,(H2,11,14). The van der Waals surface area contributed by atoms with Crippen molar-refractivity contribution in [3.63, 3.8) is 0 Å². The molecule has 0 atom stereocenters. The van der Waals surface area contributed by atoms with E-state index in [2.05, 4.69) is 15.2 Å². The normalized spacial score (nSPS) is 13.1. The van der Waals surface area contributed by atoms with Gasteiger partial charge in [-0.05, 0) is 56.2 Å². The van der Waals surface area contributed by atoms with Crippen LogP contribution < -0.4 is 16.0 Å². The van der Waals surface area contributed by atoms with Crippen LogP contribution in [0.3, 0.4) is 0 Å². The number of benzene rings is 2. The molecule has 0 unspecified atom stereocenters. The topological polar surface area (TPSA) is 88.3 Å². The van der Waals surface area contributed by atoms with Gasteiger partial charge >= 0.3 is 6.18 Å². The average molecular weight is 470 g/mol. The predicted molar refractivity (Wildman–Crippen MR) is 125 cm³/mol. The fourth-order valence-electron chi connectivity index (χ4n) is 3.39. The molecule has 1 aliphatic heterocycles. The summed E-state index contributed by atoms with van der Waals surface area (Å²) < 4.78 is 37.7. The second kappa shape index (κ2) is 10.8. The van der Waals surface area contributed by atoms with E-state index < -0.39 is 23.6 Å². The Balaban J connectivity index is 0.000000202. The van der Waals surface area contributed by atoms with Gasteiger partial charge in [-0.1, -0.05) is 23.8 Å². The van der Waals surface area contributed by atoms with Gasteiger partial charge in [-0.2, -0.15) is 13.2 Å². The Hall–Kier alpha value is -3.88. The molecule has 0 radical (unpaired) electrons. The lowest BCUT2D eigenvalue weighted by Crippen LogP contribution is -2.19. The van der Waals surface area contributed by atoms with Crippen LogP contribution in [-0.4, -0.2) is 29.9 Å². The smallest absolute Gasteiger partial charge is 0.370 e. The monoisotopic (exact) mass is 470 g/mol. The van der Waals surface area contributed by atoms with Crippen LogP contribution in [0.5, 0.6) is 0 Å². The molecule has 178 valence electrons. The molecule has 1 saturated heterocycles. The number of nitrogens with zero attached hydrogens (tertiary/aromatic N) is 2. The summed E-state index contributed by atoms with van der Waals surface area (Å²) in [6, 6.07) is 13.1. The summed E-state index contributed by atoms with van der Waals surface area (Å²) in [6.45, 7) is 3.97. The number of halogens is 3. The molecule has 3 aromatic rings. The van der Waals surface area contributed by atoms with Crippen LogP contribution in [0.4, 0.5) is 24.5 Å². The van der Waals surface area contributed by atoms with Gasteiger partial charge in [0.1, 0.15) is 0 Å². The highest BCUT2D eigenvalue weighted by Crippen LogP contribution is 2.30. The minimum atomic E-state index is -4.43. The van der Waals surface area contributed by atoms with Crippen molar-refractivity contribution >= 4 is 23.2 Å². The van der Waals surface area contributed by atoms with Crippen molar-refractivity contribution in [1.82, 2.24) is 4.98 Å². The highest BCUT2D eigenvalue weighted by molar-refractivity contribution is 6.04. The van der Waals surface area contributed by atoms with Gasteiger partial charge in [0.25, 0.3) is 5.91 Å². The number of carbonyl (C=O) groups excluding carboxylic acids is 2. The summed E-state index contributed by atoms with van der Waals surface area (Å²) in [4.78, 5) is 29.1. The van der Waals surface area contributed by atoms with Crippen LogP contribution in [-0.2, 0) is 6.18 Å². The lowest BCUT2D eigenvalue weighted by Gasteiger charge is -2.16. The van der Waals surface area contributed by atoms with Crippen molar-refractivity contribution in [2.24, 2.45) is 5.73 Å². The maximum absolute atomic E-state index is 12.6. The number of amides is 2. The molecule has 2 heterocycles. The number of pyridine rings is 1. The number of nitrogens with two attached hydrogens (primary N) is 1. The Morgan fingerprint density at radius 1 is 0.971 bits per heavy atom. The van der Waals surface area contributed by atoms with Gasteiger partial charge in [-0.15, -0.1) is 0 Å². The van der Waals surface area contributed by atoms with Crippen LogP contribution in [0.15, 0.2) is 67.0 Å². The summed E-state index contributed by atoms with van der Waals surface area (Å²) in [5.41, 5.74) is 7.38. The van der Waals surface area contributed by atoms with Crippen molar-refractivity contribution in [3.8, 4) is 0 Å². The molecule has 1 aliphatic rings. The summed E-state index contributed by atoms with van der Waals surface area (Å²) >= 11 is 0. The number of anilines is 2. The third kappa shape index (κ3) is 6.81. The Morgan fingerprint density at radius 2 is 1.65 bits per heavy atom. The first-order valence-electron chi connectivity index (χ1n) is 10.7. The molecule has 34 heavy (non-hydrogen) atoms. The minimum Gasteiger partial charge on any atom is -0.370 e. The number of carbonyl (C=O) groups is 2. The fraction of sp³-hybridized carbons (Fsp3) is 0.240. The van der Waals surface area contributed by atoms with E-state index in [1.165, 1.54) is 31.2 Å². The number of aromatic nitrogens is 1. The van der Waals surface area contributed by atoms with E-state index in [0.717, 1.165) is 36.5 Å². The van der Waals surface area contributed by atoms with Gasteiger partial charge in [0.2, 0.25) is 5.91 Å². The van der Waals surface area contributed by atoms with Gasteiger partial charge in [0, 0.05) is 30.5 Å². The van der Waals surface area contributed by atoms with Crippen molar-refractivity contribution in [2.75, 3.05) is 23.3 Å². The lowest BCUT2D eigenvalue weighted by atomic mass is 10.1. The van der Waals surface area contributed by atoms with Gasteiger partial charge in [0.15, 0.2) is 0 Å². The second-order valence-electron chi connectivity index (χ2n) is 7.89. The maximum atomic E-state index is 12.6. The number of hydrogen-bond donors (Lipinski definition) is 2. The summed E-state index contributed by atoms with van der Waals surface area (Å²) in [5, 5.41) is 2.45. The van der Waals surface area contributed by atoms with Crippen molar-refractivity contribution < 1.29 is 22.8 Å². The molecule has 0 spiro atoms. The molecule has 6 nitrogen and oxygen atoms in total. The molecule has 3 N–H and O–H groups in total. The largest absolute Gasteiger partial charge is 0.416 e. The van der Waals surface area contributed by atoms with Crippen LogP contribution in [0.2, 0.25) is 0 Å². The van der Waals surface area contributed by atoms with Crippen molar-refractivity contribution in [3.05, 3.63) is 89.2 Å². The number of aryl methyl sites for hydroxylation is 1. The van der Waals surface area contributed by atoms with Crippen LogP contribution in [0, 0.1) is 6.92 Å². The van der Waals surface area contributed by atoms with E-state index in [1.54, 1.807) is 36.5 Å². The van der Waals surface area contributed by atoms with Crippen LogP contribution in [0.25, 0.3) is 0 Å². The highest BCUT2D eigenvalue weighted by Gasteiger charge is 2.30. The molecule has 1 fully saturated rings. The first-order chi connectivity index (χ1) is 16.1. The molecular formula is C25H25F3N4O2. The Kier molecular flexibility index (Phi) is 7.88. The van der Waals surface area contributed by atoms with Crippen LogP contribution in [0.1, 0.15) is 44.7 Å². The average Bonchev–Trinajstić information content (AvgIpc) is 3.35. The first kappa shape index (κ1) is 24.8. The fourth-order valence-corrected chi connectivity index (χ4v) is 3.39. The Bertz CT molecular complexity index is 1140. The Labute approximate surface area is 195 Å². The van der Waals surface area contributed by atoms with Gasteiger partial charge in [0.05, 0.1) is 23.0 Å². The predicted octanol–water partition coefficient (Wildman–Crippen LogP) is 5.05. The molecule has 0 saturated carbocycles. The molecule has 0 aliphatic carbocycles. The molecule has 2 aromatic carbocycles. The van der Waals surface area contributed by atoms with E-state index in [-0.39, 0.29) is 5.69 Å². The summed E-state index contributed by atoms with van der Waals surface area (Å²) in [6.07, 6.45) is 1.27. The van der Waals surface area contributed by atoms with Crippen LogP contribution >= 0.6 is 0 Å². The minimum absolute atomic E-state index is 0.116. The zero-order chi connectivity index (χ0) is 24.7. The number of rotatable bonds is 4. The third-order valence-corrected chi connectivity index (χ3v) is 5.24. The van der Waals surface area contributed by atoms with Gasteiger partial charge < -0.3 is 16.0 Å². The quantitative estimate of drug-likeness (QED) is 0.559. The SMILES string of the molecule is Cc1ccc(C(=O)Nc2cccc(C(F)(F)F)c2)cc1.NC(=O)c1cncc(N2CCCC2)c1. The van der Waals surface area contributed by atoms with E-state index in [1.807, 2.05) is 6.92 Å². The summed E-state index contributed by atoms with van der Waals surface area (Å²) in [5.74, 6) is -0.858. The molecular weight excluding hydrogens is 445 g/mol. The molecule has 0 bridgehead atoms. The van der Waals surface area contributed by atoms with E-state index >= 15 is 0 Å². The molecule has 2 amide bonds. The van der Waals surface area contributed by atoms with Gasteiger partial charge in [-0.25, -0.2) is 0 Å². The van der Waals surface area contributed by atoms with Crippen molar-refractivity contribution in [2.45, 2.75) is 25.9 Å². The highest BCUT2D eigenvalue weighted by atomic mass is 19.4. The molecule has 4 rings (SSSR count). The van der Waals surface area contributed by atoms with Gasteiger partial charge in [-0.3, -0.25) is 14.6 Å². The van der Waals surface area contributed by atoms with Crippen molar-refractivity contribution in [1.29, 1.82) is 0 Å². The maximum Gasteiger partial charge on any atom is 0.416 e. The zero-order valence-corrected chi connectivity index (χ0v) is 18.6. The number of hydrogen-bond acceptors (Lipinski definition) is 4. The third-order valence-electron chi connectivity index (χ3n) is 5.24.